The van der Waals surface area contributed by atoms with Crippen LogP contribution < -0.4 is 21.5 Å². The standard InChI is InChI=1S/C17H29N5O5S2/c1-13-12-14(24)21-15(20-13)22-16(25)18-6-4-2-3-5-7-19-17(26)27-9-11-29-28-10-8-23/h12,23H,2-11H2,1H3,(H,19,26)(H3,18,20,21,22,24,25). The van der Waals surface area contributed by atoms with Gasteiger partial charge in [-0.1, -0.05) is 34.4 Å². The summed E-state index contributed by atoms with van der Waals surface area (Å²) in [7, 11) is 3.11. The van der Waals surface area contributed by atoms with Crippen LogP contribution in [0.15, 0.2) is 10.9 Å². The van der Waals surface area contributed by atoms with Crippen LogP contribution in [0, 0.1) is 6.92 Å². The maximum absolute atomic E-state index is 11.7. The summed E-state index contributed by atoms with van der Waals surface area (Å²) in [6, 6.07) is 0.924. The second-order valence-corrected chi connectivity index (χ2v) is 8.66. The fourth-order valence-electron chi connectivity index (χ4n) is 2.16. The molecule has 0 bridgehead atoms. The summed E-state index contributed by atoms with van der Waals surface area (Å²) in [5.41, 5.74) is 0.207. The number of hydrogen-bond acceptors (Lipinski definition) is 8. The van der Waals surface area contributed by atoms with Crippen molar-refractivity contribution in [3.05, 3.63) is 22.1 Å². The lowest BCUT2D eigenvalue weighted by atomic mass is 10.2. The van der Waals surface area contributed by atoms with Crippen molar-refractivity contribution in [2.24, 2.45) is 0 Å². The van der Waals surface area contributed by atoms with Crippen molar-refractivity contribution >= 4 is 39.7 Å². The highest BCUT2D eigenvalue weighted by Crippen LogP contribution is 2.19. The van der Waals surface area contributed by atoms with Crippen molar-refractivity contribution in [3.8, 4) is 0 Å². The molecular weight excluding hydrogens is 418 g/mol. The molecular formula is C17H29N5O5S2. The molecule has 0 spiro atoms. The maximum Gasteiger partial charge on any atom is 0.407 e. The summed E-state index contributed by atoms with van der Waals surface area (Å²) in [5, 5.41) is 16.5. The first kappa shape index (κ1) is 25.1. The molecule has 164 valence electrons. The van der Waals surface area contributed by atoms with Crippen LogP contribution in [-0.2, 0) is 4.74 Å². The molecule has 5 N–H and O–H groups in total. The summed E-state index contributed by atoms with van der Waals surface area (Å²) >= 11 is 0. The summed E-state index contributed by atoms with van der Waals surface area (Å²) in [5.74, 6) is 1.48. The highest BCUT2D eigenvalue weighted by molar-refractivity contribution is 8.76. The number of hydrogen-bond donors (Lipinski definition) is 5. The minimum absolute atomic E-state index is 0.118. The molecule has 1 aromatic heterocycles. The van der Waals surface area contributed by atoms with Gasteiger partial charge in [-0.2, -0.15) is 0 Å². The van der Waals surface area contributed by atoms with Crippen molar-refractivity contribution in [3.63, 3.8) is 0 Å². The molecule has 0 aliphatic heterocycles. The van der Waals surface area contributed by atoms with Gasteiger partial charge in [0.1, 0.15) is 6.61 Å². The topological polar surface area (TPSA) is 145 Å². The SMILES string of the molecule is Cc1cc(=O)[nH]c(NC(=O)NCCCCCCNC(=O)OCCSSCCO)n1. The fourth-order valence-corrected chi connectivity index (χ4v) is 3.76. The number of carbonyl (C=O) groups excluding carboxylic acids is 2. The van der Waals surface area contributed by atoms with Gasteiger partial charge in [0.2, 0.25) is 5.95 Å². The Morgan fingerprint density at radius 1 is 1.14 bits per heavy atom. The van der Waals surface area contributed by atoms with E-state index in [2.05, 4.69) is 25.9 Å². The quantitative estimate of drug-likeness (QED) is 0.215. The van der Waals surface area contributed by atoms with Crippen molar-refractivity contribution in [1.82, 2.24) is 20.6 Å². The number of H-pyrrole nitrogens is 1. The third-order valence-electron chi connectivity index (χ3n) is 3.42. The van der Waals surface area contributed by atoms with Crippen LogP contribution in [0.4, 0.5) is 15.5 Å². The van der Waals surface area contributed by atoms with Crippen molar-refractivity contribution < 1.29 is 19.4 Å². The predicted molar refractivity (Wildman–Crippen MR) is 116 cm³/mol. The molecule has 1 heterocycles. The molecule has 0 saturated carbocycles. The number of aryl methyl sites for hydroxylation is 1. The number of rotatable bonds is 14. The van der Waals surface area contributed by atoms with Gasteiger partial charge in [0.05, 0.1) is 6.61 Å². The first-order valence-electron chi connectivity index (χ1n) is 9.40. The Bertz CT molecular complexity index is 674. The number of aliphatic hydroxyl groups is 1. The normalized spacial score (nSPS) is 10.4. The number of carbonyl (C=O) groups is 2. The number of anilines is 1. The van der Waals surface area contributed by atoms with E-state index in [4.69, 9.17) is 9.84 Å². The number of aromatic nitrogens is 2. The van der Waals surface area contributed by atoms with Crippen LogP contribution in [0.5, 0.6) is 0 Å². The summed E-state index contributed by atoms with van der Waals surface area (Å²) in [6.45, 7) is 3.21. The number of aliphatic hydroxyl groups excluding tert-OH is 1. The molecule has 3 amide bonds. The molecule has 0 saturated heterocycles. The van der Waals surface area contributed by atoms with Gasteiger partial charge in [0.15, 0.2) is 0 Å². The van der Waals surface area contributed by atoms with E-state index in [1.165, 1.54) is 6.07 Å². The second-order valence-electron chi connectivity index (χ2n) is 5.96. The minimum Gasteiger partial charge on any atom is -0.449 e. The average molecular weight is 448 g/mol. The van der Waals surface area contributed by atoms with Gasteiger partial charge in [-0.05, 0) is 19.8 Å². The molecule has 0 radical (unpaired) electrons. The maximum atomic E-state index is 11.7. The zero-order valence-electron chi connectivity index (χ0n) is 16.5. The van der Waals surface area contributed by atoms with Gasteiger partial charge >= 0.3 is 12.1 Å². The van der Waals surface area contributed by atoms with Crippen LogP contribution in [0.25, 0.3) is 0 Å². The minimum atomic E-state index is -0.420. The van der Waals surface area contributed by atoms with Crippen LogP contribution >= 0.6 is 21.6 Å². The Kier molecular flexibility index (Phi) is 13.8. The largest absolute Gasteiger partial charge is 0.449 e. The molecule has 0 atom stereocenters. The van der Waals surface area contributed by atoms with E-state index in [0.29, 0.717) is 36.9 Å². The molecule has 0 aliphatic rings. The molecule has 1 rings (SSSR count). The highest BCUT2D eigenvalue weighted by atomic mass is 33.1. The third-order valence-corrected chi connectivity index (χ3v) is 5.77. The van der Waals surface area contributed by atoms with E-state index in [9.17, 15) is 14.4 Å². The lowest BCUT2D eigenvalue weighted by Crippen LogP contribution is -2.31. The smallest absolute Gasteiger partial charge is 0.407 e. The van der Waals surface area contributed by atoms with Gasteiger partial charge in [-0.15, -0.1) is 0 Å². The molecule has 0 aliphatic carbocycles. The molecule has 0 aromatic carbocycles. The number of urea groups is 1. The van der Waals surface area contributed by atoms with E-state index in [-0.39, 0.29) is 18.1 Å². The average Bonchev–Trinajstić information content (AvgIpc) is 2.65. The summed E-state index contributed by atoms with van der Waals surface area (Å²) < 4.78 is 5.03. The number of aromatic amines is 1. The monoisotopic (exact) mass is 447 g/mol. The Hall–Kier alpha value is -1.92. The molecule has 10 nitrogen and oxygen atoms in total. The van der Waals surface area contributed by atoms with Gasteiger partial charge in [0.25, 0.3) is 5.56 Å². The second kappa shape index (κ2) is 15.9. The van der Waals surface area contributed by atoms with Crippen LogP contribution in [-0.4, -0.2) is 65.0 Å². The van der Waals surface area contributed by atoms with E-state index in [0.717, 1.165) is 25.7 Å². The highest BCUT2D eigenvalue weighted by Gasteiger charge is 2.04. The lowest BCUT2D eigenvalue weighted by molar-refractivity contribution is 0.153. The van der Waals surface area contributed by atoms with E-state index < -0.39 is 12.1 Å². The lowest BCUT2D eigenvalue weighted by Gasteiger charge is -2.08. The predicted octanol–water partition coefficient (Wildman–Crippen LogP) is 1.86. The number of alkyl carbamates (subject to hydrolysis) is 1. The number of amides is 3. The Balaban J connectivity index is 1.94. The van der Waals surface area contributed by atoms with E-state index in [1.807, 2.05) is 0 Å². The van der Waals surface area contributed by atoms with Gasteiger partial charge in [0, 0.05) is 36.4 Å². The van der Waals surface area contributed by atoms with Gasteiger partial charge < -0.3 is 20.5 Å². The Morgan fingerprint density at radius 2 is 1.83 bits per heavy atom. The van der Waals surface area contributed by atoms with Gasteiger partial charge in [-0.25, -0.2) is 14.6 Å². The van der Waals surface area contributed by atoms with Crippen molar-refractivity contribution in [1.29, 1.82) is 0 Å². The molecule has 0 fully saturated rings. The van der Waals surface area contributed by atoms with E-state index >= 15 is 0 Å². The van der Waals surface area contributed by atoms with Crippen LogP contribution in [0.2, 0.25) is 0 Å². The van der Waals surface area contributed by atoms with Crippen molar-refractivity contribution in [2.75, 3.05) is 43.1 Å². The summed E-state index contributed by atoms with van der Waals surface area (Å²) in [4.78, 5) is 41.0. The zero-order valence-corrected chi connectivity index (χ0v) is 18.1. The molecule has 12 heteroatoms. The molecule has 1 aromatic rings. The van der Waals surface area contributed by atoms with E-state index in [1.54, 1.807) is 28.5 Å². The first-order chi connectivity index (χ1) is 14.0. The van der Waals surface area contributed by atoms with Gasteiger partial charge in [-0.3, -0.25) is 15.1 Å². The number of nitrogens with zero attached hydrogens (tertiary/aromatic N) is 1. The number of ether oxygens (including phenoxy) is 1. The number of nitrogens with one attached hydrogen (secondary N) is 4. The van der Waals surface area contributed by atoms with Crippen LogP contribution in [0.3, 0.4) is 0 Å². The van der Waals surface area contributed by atoms with Crippen molar-refractivity contribution in [2.45, 2.75) is 32.6 Å². The molecule has 0 unspecified atom stereocenters. The fraction of sp³-hybridized carbons (Fsp3) is 0.647. The van der Waals surface area contributed by atoms with Crippen LogP contribution in [0.1, 0.15) is 31.4 Å². The third kappa shape index (κ3) is 13.8. The Morgan fingerprint density at radius 3 is 2.52 bits per heavy atom. The summed E-state index contributed by atoms with van der Waals surface area (Å²) in [6.07, 6.45) is 3.05. The Labute approximate surface area is 177 Å². The molecule has 29 heavy (non-hydrogen) atoms. The zero-order chi connectivity index (χ0) is 21.3. The number of unbranched alkanes of at least 4 members (excludes halogenated alkanes) is 3. The first-order valence-corrected chi connectivity index (χ1v) is 11.9.